The molecular formula is C19H19ClN2O4S2. The summed E-state index contributed by atoms with van der Waals surface area (Å²) in [6.45, 7) is 1.50. The number of fused-ring (bicyclic) bond motifs is 1. The van der Waals surface area contributed by atoms with Crippen molar-refractivity contribution < 1.29 is 18.0 Å². The minimum atomic E-state index is -3.74. The lowest BCUT2D eigenvalue weighted by atomic mass is 10.3. The molecule has 3 rings (SSSR count). The van der Waals surface area contributed by atoms with E-state index in [2.05, 4.69) is 10.6 Å². The van der Waals surface area contributed by atoms with E-state index in [9.17, 15) is 18.0 Å². The van der Waals surface area contributed by atoms with Gasteiger partial charge in [0.25, 0.3) is 0 Å². The molecule has 148 valence electrons. The van der Waals surface area contributed by atoms with E-state index in [-0.39, 0.29) is 17.2 Å². The molecule has 0 unspecified atom stereocenters. The fraction of sp³-hybridized carbons (Fsp3) is 0.263. The largest absolute Gasteiger partial charge is 0.326 e. The molecule has 0 saturated heterocycles. The lowest BCUT2D eigenvalue weighted by molar-refractivity contribution is -0.116. The number of amides is 2. The standard InChI is InChI=1S/C19H19ClN2O4S2/c1-12(10-19(24)21-14-4-2-13(20)3-5-14)28(25,26)15-6-7-17-16(11-15)22-18(23)8-9-27-17/h2-7,11-12H,8-10H2,1H3,(H,21,24)(H,22,23)/t12-/m1/s1. The number of halogens is 1. The van der Waals surface area contributed by atoms with Crippen molar-refractivity contribution in [3.63, 3.8) is 0 Å². The summed E-state index contributed by atoms with van der Waals surface area (Å²) in [5.41, 5.74) is 1.04. The minimum Gasteiger partial charge on any atom is -0.326 e. The molecule has 0 radical (unpaired) electrons. The number of carbonyl (C=O) groups excluding carboxylic acids is 2. The summed E-state index contributed by atoms with van der Waals surface area (Å²) in [4.78, 5) is 24.9. The molecule has 2 amide bonds. The van der Waals surface area contributed by atoms with Gasteiger partial charge in [-0.3, -0.25) is 9.59 Å². The third kappa shape index (κ3) is 4.87. The molecule has 1 atom stereocenters. The predicted molar refractivity (Wildman–Crippen MR) is 112 cm³/mol. The van der Waals surface area contributed by atoms with E-state index in [4.69, 9.17) is 11.6 Å². The van der Waals surface area contributed by atoms with E-state index < -0.39 is 21.0 Å². The zero-order valence-electron chi connectivity index (χ0n) is 15.1. The summed E-state index contributed by atoms with van der Waals surface area (Å²) in [6, 6.07) is 11.2. The number of anilines is 2. The SMILES string of the molecule is C[C@H](CC(=O)Nc1ccc(Cl)cc1)S(=O)(=O)c1ccc2c(c1)NC(=O)CCS2. The quantitative estimate of drug-likeness (QED) is 0.736. The third-order valence-corrected chi connectivity index (χ3v) is 7.74. The van der Waals surface area contributed by atoms with Gasteiger partial charge in [-0.05, 0) is 49.4 Å². The normalized spacial score (nSPS) is 15.1. The molecule has 2 aromatic carbocycles. The number of rotatable bonds is 5. The Morgan fingerprint density at radius 2 is 1.96 bits per heavy atom. The molecule has 28 heavy (non-hydrogen) atoms. The first-order chi connectivity index (χ1) is 13.3. The summed E-state index contributed by atoms with van der Waals surface area (Å²) >= 11 is 7.31. The molecule has 0 fully saturated rings. The van der Waals surface area contributed by atoms with Crippen LogP contribution in [0.25, 0.3) is 0 Å². The summed E-state index contributed by atoms with van der Waals surface area (Å²) in [6.07, 6.45) is 0.186. The van der Waals surface area contributed by atoms with Gasteiger partial charge in [0.05, 0.1) is 15.8 Å². The van der Waals surface area contributed by atoms with Gasteiger partial charge in [-0.15, -0.1) is 11.8 Å². The fourth-order valence-corrected chi connectivity index (χ4v) is 5.16. The molecule has 1 aliphatic heterocycles. The van der Waals surface area contributed by atoms with E-state index in [0.29, 0.717) is 28.6 Å². The number of thioether (sulfide) groups is 1. The molecule has 2 N–H and O–H groups in total. The Morgan fingerprint density at radius 1 is 1.25 bits per heavy atom. The molecule has 0 spiro atoms. The second-order valence-electron chi connectivity index (χ2n) is 6.42. The lowest BCUT2D eigenvalue weighted by Crippen LogP contribution is -2.25. The van der Waals surface area contributed by atoms with E-state index in [1.807, 2.05) is 0 Å². The highest BCUT2D eigenvalue weighted by Gasteiger charge is 2.27. The second-order valence-corrected chi connectivity index (χ2v) is 10.4. The van der Waals surface area contributed by atoms with Crippen molar-refractivity contribution >= 4 is 56.4 Å². The Kier molecular flexibility index (Phi) is 6.32. The van der Waals surface area contributed by atoms with Crippen LogP contribution in [0.4, 0.5) is 11.4 Å². The highest BCUT2D eigenvalue weighted by Crippen LogP contribution is 2.33. The number of nitrogens with one attached hydrogen (secondary N) is 2. The van der Waals surface area contributed by atoms with E-state index >= 15 is 0 Å². The molecule has 0 aliphatic carbocycles. The van der Waals surface area contributed by atoms with Crippen molar-refractivity contribution in [1.82, 2.24) is 0 Å². The van der Waals surface area contributed by atoms with Crippen molar-refractivity contribution in [1.29, 1.82) is 0 Å². The van der Waals surface area contributed by atoms with Crippen LogP contribution in [0.3, 0.4) is 0 Å². The molecule has 0 bridgehead atoms. The van der Waals surface area contributed by atoms with Crippen molar-refractivity contribution in [2.45, 2.75) is 34.8 Å². The maximum absolute atomic E-state index is 12.9. The first-order valence-corrected chi connectivity index (χ1v) is 11.5. The van der Waals surface area contributed by atoms with Gasteiger partial charge in [-0.1, -0.05) is 11.6 Å². The molecular weight excluding hydrogens is 420 g/mol. The van der Waals surface area contributed by atoms with Crippen LogP contribution in [0.2, 0.25) is 5.02 Å². The number of carbonyl (C=O) groups is 2. The first kappa shape index (κ1) is 20.7. The average Bonchev–Trinajstić information content (AvgIpc) is 2.83. The monoisotopic (exact) mass is 438 g/mol. The Hall–Kier alpha value is -2.03. The van der Waals surface area contributed by atoms with Crippen LogP contribution in [0, 0.1) is 0 Å². The second kappa shape index (κ2) is 8.55. The van der Waals surface area contributed by atoms with Crippen molar-refractivity contribution in [3.05, 3.63) is 47.5 Å². The summed E-state index contributed by atoms with van der Waals surface area (Å²) in [5.74, 6) is 0.0971. The minimum absolute atomic E-state index is 0.0841. The van der Waals surface area contributed by atoms with Crippen molar-refractivity contribution in [2.24, 2.45) is 0 Å². The van der Waals surface area contributed by atoms with Crippen molar-refractivity contribution in [3.8, 4) is 0 Å². The Labute approximate surface area is 173 Å². The zero-order chi connectivity index (χ0) is 20.3. The van der Waals surface area contributed by atoms with Gasteiger partial charge in [0.15, 0.2) is 9.84 Å². The topological polar surface area (TPSA) is 92.3 Å². The van der Waals surface area contributed by atoms with Gasteiger partial charge in [0, 0.05) is 34.2 Å². The Bertz CT molecular complexity index is 1010. The molecule has 9 heteroatoms. The van der Waals surface area contributed by atoms with Crippen LogP contribution in [0.5, 0.6) is 0 Å². The van der Waals surface area contributed by atoms with Crippen LogP contribution in [0.15, 0.2) is 52.3 Å². The fourth-order valence-electron chi connectivity index (χ4n) is 2.72. The van der Waals surface area contributed by atoms with Gasteiger partial charge in [0.1, 0.15) is 0 Å². The van der Waals surface area contributed by atoms with Crippen molar-refractivity contribution in [2.75, 3.05) is 16.4 Å². The van der Waals surface area contributed by atoms with Gasteiger partial charge < -0.3 is 10.6 Å². The van der Waals surface area contributed by atoms with Gasteiger partial charge in [-0.2, -0.15) is 0 Å². The first-order valence-electron chi connectivity index (χ1n) is 8.62. The van der Waals surface area contributed by atoms with Crippen LogP contribution in [0.1, 0.15) is 19.8 Å². The summed E-state index contributed by atoms with van der Waals surface area (Å²) in [5, 5.41) is 5.02. The van der Waals surface area contributed by atoms with Gasteiger partial charge in [0.2, 0.25) is 11.8 Å². The van der Waals surface area contributed by atoms with Crippen LogP contribution in [-0.2, 0) is 19.4 Å². The van der Waals surface area contributed by atoms with E-state index in [1.165, 1.54) is 30.8 Å². The number of sulfone groups is 1. The zero-order valence-corrected chi connectivity index (χ0v) is 17.5. The Balaban J connectivity index is 1.73. The molecule has 0 aromatic heterocycles. The Morgan fingerprint density at radius 3 is 2.68 bits per heavy atom. The van der Waals surface area contributed by atoms with Gasteiger partial charge >= 0.3 is 0 Å². The van der Waals surface area contributed by atoms with E-state index in [0.717, 1.165) is 4.90 Å². The smallest absolute Gasteiger partial charge is 0.225 e. The number of hydrogen-bond donors (Lipinski definition) is 2. The van der Waals surface area contributed by atoms with Crippen LogP contribution in [-0.4, -0.2) is 31.2 Å². The highest BCUT2D eigenvalue weighted by molar-refractivity contribution is 7.99. The average molecular weight is 439 g/mol. The number of benzene rings is 2. The summed E-state index contributed by atoms with van der Waals surface area (Å²) in [7, 11) is -3.74. The molecule has 1 heterocycles. The highest BCUT2D eigenvalue weighted by atomic mass is 35.5. The maximum atomic E-state index is 12.9. The molecule has 2 aromatic rings. The lowest BCUT2D eigenvalue weighted by Gasteiger charge is -2.15. The molecule has 0 saturated carbocycles. The van der Waals surface area contributed by atoms with E-state index in [1.54, 1.807) is 30.3 Å². The molecule has 1 aliphatic rings. The number of hydrogen-bond acceptors (Lipinski definition) is 5. The summed E-state index contributed by atoms with van der Waals surface area (Å²) < 4.78 is 25.8. The maximum Gasteiger partial charge on any atom is 0.225 e. The molecule has 6 nitrogen and oxygen atoms in total. The predicted octanol–water partition coefficient (Wildman–Crippen LogP) is 3.97. The third-order valence-electron chi connectivity index (χ3n) is 4.27. The van der Waals surface area contributed by atoms with Crippen LogP contribution < -0.4 is 10.6 Å². The van der Waals surface area contributed by atoms with Gasteiger partial charge in [-0.25, -0.2) is 8.42 Å². The van der Waals surface area contributed by atoms with Crippen LogP contribution >= 0.6 is 23.4 Å².